The molecule has 132 valence electrons. The monoisotopic (exact) mass is 368 g/mol. The van der Waals surface area contributed by atoms with Crippen LogP contribution in [0.5, 0.6) is 5.75 Å². The highest BCUT2D eigenvalue weighted by molar-refractivity contribution is 6.31. The number of halogens is 1. The highest BCUT2D eigenvalue weighted by Crippen LogP contribution is 2.24. The van der Waals surface area contributed by atoms with Gasteiger partial charge in [0.1, 0.15) is 5.75 Å². The van der Waals surface area contributed by atoms with Crippen molar-refractivity contribution >= 4 is 34.8 Å². The van der Waals surface area contributed by atoms with Gasteiger partial charge in [0, 0.05) is 23.1 Å². The standard InChI is InChI=1S/C19H17ClN4O2/c1-12-7-8-14(9-15(12)20)23-19-21-10-13(11-22-19)18(25)24-16-5-3-4-6-17(16)26-2/h3-11H,1-2H3,(H,24,25)(H,21,22,23). The fourth-order valence-corrected chi connectivity index (χ4v) is 2.43. The van der Waals surface area contributed by atoms with Gasteiger partial charge in [-0.15, -0.1) is 0 Å². The van der Waals surface area contributed by atoms with Crippen molar-refractivity contribution in [1.29, 1.82) is 0 Å². The Morgan fingerprint density at radius 1 is 1.12 bits per heavy atom. The maximum Gasteiger partial charge on any atom is 0.258 e. The van der Waals surface area contributed by atoms with Gasteiger partial charge >= 0.3 is 0 Å². The van der Waals surface area contributed by atoms with E-state index in [0.717, 1.165) is 11.3 Å². The van der Waals surface area contributed by atoms with Crippen LogP contribution in [0.1, 0.15) is 15.9 Å². The van der Waals surface area contributed by atoms with Crippen LogP contribution in [0.3, 0.4) is 0 Å². The van der Waals surface area contributed by atoms with E-state index in [4.69, 9.17) is 16.3 Å². The van der Waals surface area contributed by atoms with Gasteiger partial charge in [-0.25, -0.2) is 9.97 Å². The van der Waals surface area contributed by atoms with E-state index in [1.807, 2.05) is 31.2 Å². The molecular weight excluding hydrogens is 352 g/mol. The van der Waals surface area contributed by atoms with Gasteiger partial charge in [-0.2, -0.15) is 0 Å². The lowest BCUT2D eigenvalue weighted by Gasteiger charge is -2.10. The second kappa shape index (κ2) is 7.84. The summed E-state index contributed by atoms with van der Waals surface area (Å²) in [6.45, 7) is 1.93. The lowest BCUT2D eigenvalue weighted by molar-refractivity contribution is 0.102. The Bertz CT molecular complexity index is 929. The first-order chi connectivity index (χ1) is 12.6. The number of amides is 1. The molecule has 0 unspecified atom stereocenters. The Morgan fingerprint density at radius 3 is 2.54 bits per heavy atom. The minimum absolute atomic E-state index is 0.320. The molecule has 0 atom stereocenters. The van der Waals surface area contributed by atoms with E-state index in [9.17, 15) is 4.79 Å². The Kier molecular flexibility index (Phi) is 5.34. The number of benzene rings is 2. The van der Waals surface area contributed by atoms with Crippen LogP contribution in [0.25, 0.3) is 0 Å². The molecule has 0 aliphatic rings. The number of anilines is 3. The average molecular weight is 369 g/mol. The van der Waals surface area contributed by atoms with Crippen molar-refractivity contribution in [3.8, 4) is 5.75 Å². The third-order valence-corrected chi connectivity index (χ3v) is 4.10. The molecule has 26 heavy (non-hydrogen) atoms. The molecule has 0 saturated carbocycles. The maximum absolute atomic E-state index is 12.3. The van der Waals surface area contributed by atoms with Crippen molar-refractivity contribution in [1.82, 2.24) is 9.97 Å². The van der Waals surface area contributed by atoms with Crippen molar-refractivity contribution in [2.24, 2.45) is 0 Å². The van der Waals surface area contributed by atoms with Crippen LogP contribution in [0, 0.1) is 6.92 Å². The van der Waals surface area contributed by atoms with E-state index in [0.29, 0.717) is 28.0 Å². The van der Waals surface area contributed by atoms with Gasteiger partial charge in [0.05, 0.1) is 18.4 Å². The van der Waals surface area contributed by atoms with Gasteiger partial charge in [-0.05, 0) is 36.8 Å². The molecule has 6 nitrogen and oxygen atoms in total. The predicted octanol–water partition coefficient (Wildman–Crippen LogP) is 4.44. The minimum atomic E-state index is -0.320. The number of carbonyl (C=O) groups excluding carboxylic acids is 1. The second-order valence-electron chi connectivity index (χ2n) is 5.54. The second-order valence-corrected chi connectivity index (χ2v) is 5.95. The molecular formula is C19H17ClN4O2. The highest BCUT2D eigenvalue weighted by Gasteiger charge is 2.10. The van der Waals surface area contributed by atoms with Gasteiger partial charge in [0.2, 0.25) is 5.95 Å². The number of rotatable bonds is 5. The van der Waals surface area contributed by atoms with Crippen LogP contribution in [-0.2, 0) is 0 Å². The summed E-state index contributed by atoms with van der Waals surface area (Å²) in [5.41, 5.74) is 2.67. The molecule has 0 spiro atoms. The summed E-state index contributed by atoms with van der Waals surface area (Å²) in [5, 5.41) is 6.48. The molecule has 3 aromatic rings. The summed E-state index contributed by atoms with van der Waals surface area (Å²) in [6, 6.07) is 12.7. The van der Waals surface area contributed by atoms with Gasteiger partial charge in [-0.1, -0.05) is 29.8 Å². The number of hydrogen-bond acceptors (Lipinski definition) is 5. The number of nitrogens with one attached hydrogen (secondary N) is 2. The number of hydrogen-bond donors (Lipinski definition) is 2. The number of para-hydroxylation sites is 2. The van der Waals surface area contributed by atoms with E-state index in [2.05, 4.69) is 20.6 Å². The van der Waals surface area contributed by atoms with Gasteiger partial charge in [-0.3, -0.25) is 4.79 Å². The first-order valence-electron chi connectivity index (χ1n) is 7.86. The Morgan fingerprint density at radius 2 is 1.85 bits per heavy atom. The largest absolute Gasteiger partial charge is 0.495 e. The van der Waals surface area contributed by atoms with Crippen LogP contribution in [0.2, 0.25) is 5.02 Å². The topological polar surface area (TPSA) is 76.1 Å². The first-order valence-corrected chi connectivity index (χ1v) is 8.24. The molecule has 0 aliphatic carbocycles. The lowest BCUT2D eigenvalue weighted by Crippen LogP contribution is -2.13. The van der Waals surface area contributed by atoms with Gasteiger partial charge in [0.25, 0.3) is 5.91 Å². The Hall–Kier alpha value is -3.12. The van der Waals surface area contributed by atoms with Crippen LogP contribution >= 0.6 is 11.6 Å². The number of aryl methyl sites for hydroxylation is 1. The van der Waals surface area contributed by atoms with E-state index < -0.39 is 0 Å². The third kappa shape index (κ3) is 4.10. The van der Waals surface area contributed by atoms with Crippen LogP contribution in [-0.4, -0.2) is 23.0 Å². The van der Waals surface area contributed by atoms with Crippen molar-refractivity contribution in [2.75, 3.05) is 17.7 Å². The molecule has 1 amide bonds. The molecule has 1 aromatic heterocycles. The van der Waals surface area contributed by atoms with E-state index >= 15 is 0 Å². The number of carbonyl (C=O) groups is 1. The lowest BCUT2D eigenvalue weighted by atomic mass is 10.2. The quantitative estimate of drug-likeness (QED) is 0.696. The van der Waals surface area contributed by atoms with Crippen LogP contribution in [0.15, 0.2) is 54.9 Å². The number of ether oxygens (including phenoxy) is 1. The maximum atomic E-state index is 12.3. The highest BCUT2D eigenvalue weighted by atomic mass is 35.5. The predicted molar refractivity (Wildman–Crippen MR) is 102 cm³/mol. The van der Waals surface area contributed by atoms with Crippen LogP contribution < -0.4 is 15.4 Å². The molecule has 3 rings (SSSR count). The van der Waals surface area contributed by atoms with E-state index in [1.54, 1.807) is 25.3 Å². The van der Waals surface area contributed by atoms with Gasteiger partial charge < -0.3 is 15.4 Å². The Labute approximate surface area is 156 Å². The summed E-state index contributed by atoms with van der Waals surface area (Å²) < 4.78 is 5.22. The molecule has 2 N–H and O–H groups in total. The van der Waals surface area contributed by atoms with Crippen molar-refractivity contribution in [2.45, 2.75) is 6.92 Å². The third-order valence-electron chi connectivity index (χ3n) is 3.70. The zero-order valence-corrected chi connectivity index (χ0v) is 15.0. The van der Waals surface area contributed by atoms with E-state index in [-0.39, 0.29) is 5.91 Å². The summed E-state index contributed by atoms with van der Waals surface area (Å²) >= 11 is 6.10. The number of nitrogens with zero attached hydrogens (tertiary/aromatic N) is 2. The van der Waals surface area contributed by atoms with Gasteiger partial charge in [0.15, 0.2) is 0 Å². The molecule has 2 aromatic carbocycles. The zero-order valence-electron chi connectivity index (χ0n) is 14.3. The summed E-state index contributed by atoms with van der Waals surface area (Å²) in [4.78, 5) is 20.7. The fourth-order valence-electron chi connectivity index (χ4n) is 2.25. The minimum Gasteiger partial charge on any atom is -0.495 e. The van der Waals surface area contributed by atoms with E-state index in [1.165, 1.54) is 12.4 Å². The number of methoxy groups -OCH3 is 1. The summed E-state index contributed by atoms with van der Waals surface area (Å²) in [7, 11) is 1.55. The fraction of sp³-hybridized carbons (Fsp3) is 0.105. The zero-order chi connectivity index (χ0) is 18.5. The SMILES string of the molecule is COc1ccccc1NC(=O)c1cnc(Nc2ccc(C)c(Cl)c2)nc1. The van der Waals surface area contributed by atoms with Crippen LogP contribution in [0.4, 0.5) is 17.3 Å². The molecule has 0 aliphatic heterocycles. The van der Waals surface area contributed by atoms with Crippen molar-refractivity contribution in [3.63, 3.8) is 0 Å². The first kappa shape index (κ1) is 17.7. The summed E-state index contributed by atoms with van der Waals surface area (Å²) in [6.07, 6.45) is 2.91. The molecule has 0 fully saturated rings. The summed E-state index contributed by atoms with van der Waals surface area (Å²) in [5.74, 6) is 0.634. The Balaban J connectivity index is 1.70. The molecule has 0 radical (unpaired) electrons. The smallest absolute Gasteiger partial charge is 0.258 e. The normalized spacial score (nSPS) is 10.3. The molecule has 1 heterocycles. The average Bonchev–Trinajstić information content (AvgIpc) is 2.66. The van der Waals surface area contributed by atoms with Crippen molar-refractivity contribution < 1.29 is 9.53 Å². The molecule has 0 saturated heterocycles. The van der Waals surface area contributed by atoms with Crippen molar-refractivity contribution in [3.05, 3.63) is 71.0 Å². The number of aromatic nitrogens is 2. The molecule has 0 bridgehead atoms. The molecule has 7 heteroatoms.